The summed E-state index contributed by atoms with van der Waals surface area (Å²) in [6.07, 6.45) is 5.72. The molecule has 1 aliphatic rings. The molecule has 0 amide bonds. The van der Waals surface area contributed by atoms with E-state index >= 15 is 0 Å². The van der Waals surface area contributed by atoms with E-state index in [2.05, 4.69) is 5.18 Å². The molecule has 0 aliphatic heterocycles. The Morgan fingerprint density at radius 2 is 2.44 bits per heavy atom. The molecule has 0 heterocycles. The Balaban J connectivity index is 2.74. The zero-order valence-electron chi connectivity index (χ0n) is 5.42. The van der Waals surface area contributed by atoms with Crippen molar-refractivity contribution in [3.63, 3.8) is 0 Å². The van der Waals surface area contributed by atoms with Crippen molar-refractivity contribution in [2.24, 2.45) is 5.18 Å². The van der Waals surface area contributed by atoms with Gasteiger partial charge in [-0.25, -0.2) is 0 Å². The Kier molecular flexibility index (Phi) is 1.78. The van der Waals surface area contributed by atoms with Crippen LogP contribution in [0.2, 0.25) is 0 Å². The summed E-state index contributed by atoms with van der Waals surface area (Å²) >= 11 is 0. The molecule has 0 spiro atoms. The molecular formula is C7H9NO. The molecule has 0 aromatic rings. The second-order valence-electron chi connectivity index (χ2n) is 2.25. The Bertz CT molecular complexity index is 179. The molecule has 2 heteroatoms. The Morgan fingerprint density at radius 1 is 1.67 bits per heavy atom. The molecule has 2 nitrogen and oxygen atoms in total. The molecular weight excluding hydrogens is 114 g/mol. The summed E-state index contributed by atoms with van der Waals surface area (Å²) in [5, 5.41) is 2.83. The zero-order valence-corrected chi connectivity index (χ0v) is 5.42. The van der Waals surface area contributed by atoms with Gasteiger partial charge in [-0.05, 0) is 31.0 Å². The summed E-state index contributed by atoms with van der Waals surface area (Å²) in [6.45, 7) is 2.01. The van der Waals surface area contributed by atoms with Crippen LogP contribution in [0.4, 0.5) is 0 Å². The van der Waals surface area contributed by atoms with Gasteiger partial charge in [0.25, 0.3) is 0 Å². The molecule has 0 N–H and O–H groups in total. The lowest BCUT2D eigenvalue weighted by Gasteiger charge is -2.02. The van der Waals surface area contributed by atoms with Crippen LogP contribution in [0.1, 0.15) is 19.8 Å². The topological polar surface area (TPSA) is 29.4 Å². The molecule has 0 radical (unpaired) electrons. The molecule has 9 heavy (non-hydrogen) atoms. The van der Waals surface area contributed by atoms with Crippen molar-refractivity contribution in [3.05, 3.63) is 28.3 Å². The van der Waals surface area contributed by atoms with Gasteiger partial charge < -0.3 is 0 Å². The molecule has 0 aromatic heterocycles. The van der Waals surface area contributed by atoms with Crippen LogP contribution in [0.3, 0.4) is 0 Å². The normalized spacial score (nSPS) is 18.3. The highest BCUT2D eigenvalue weighted by molar-refractivity contribution is 5.25. The first-order valence-electron chi connectivity index (χ1n) is 3.03. The molecule has 1 rings (SSSR count). The number of hydrogen-bond donors (Lipinski definition) is 0. The molecule has 0 fully saturated rings. The summed E-state index contributed by atoms with van der Waals surface area (Å²) in [5.41, 5.74) is 1.82. The number of allylic oxidation sites excluding steroid dienone is 3. The molecule has 1 aliphatic carbocycles. The maximum Gasteiger partial charge on any atom is 0.103 e. The molecule has 0 unspecified atom stereocenters. The van der Waals surface area contributed by atoms with Crippen molar-refractivity contribution in [2.45, 2.75) is 19.8 Å². The fourth-order valence-corrected chi connectivity index (χ4v) is 0.895. The Labute approximate surface area is 54.2 Å². The summed E-state index contributed by atoms with van der Waals surface area (Å²) in [6, 6.07) is 0. The maximum absolute atomic E-state index is 9.94. The Morgan fingerprint density at radius 3 is 2.89 bits per heavy atom. The summed E-state index contributed by atoms with van der Waals surface area (Å²) in [4.78, 5) is 9.94. The highest BCUT2D eigenvalue weighted by atomic mass is 16.3. The Hall–Kier alpha value is -0.920. The molecule has 0 saturated carbocycles. The average Bonchev–Trinajstić information content (AvgIpc) is 1.88. The molecule has 48 valence electrons. The zero-order chi connectivity index (χ0) is 6.69. The monoisotopic (exact) mass is 123 g/mol. The second-order valence-corrected chi connectivity index (χ2v) is 2.25. The third-order valence-electron chi connectivity index (χ3n) is 1.39. The van der Waals surface area contributed by atoms with Gasteiger partial charge in [0.05, 0.1) is 0 Å². The lowest BCUT2D eigenvalue weighted by Crippen LogP contribution is -1.85. The van der Waals surface area contributed by atoms with E-state index < -0.39 is 0 Å². The lowest BCUT2D eigenvalue weighted by molar-refractivity contribution is 0.940. The first-order chi connectivity index (χ1) is 4.33. The van der Waals surface area contributed by atoms with E-state index in [1.54, 1.807) is 0 Å². The third kappa shape index (κ3) is 1.49. The fourth-order valence-electron chi connectivity index (χ4n) is 0.895. The van der Waals surface area contributed by atoms with E-state index in [0.29, 0.717) is 5.70 Å². The first-order valence-corrected chi connectivity index (χ1v) is 3.03. The van der Waals surface area contributed by atoms with Gasteiger partial charge in [-0.1, -0.05) is 11.6 Å². The van der Waals surface area contributed by atoms with Crippen molar-refractivity contribution < 1.29 is 0 Å². The van der Waals surface area contributed by atoms with Gasteiger partial charge in [-0.3, -0.25) is 0 Å². The minimum absolute atomic E-state index is 0.582. The van der Waals surface area contributed by atoms with Crippen LogP contribution in [0.15, 0.2) is 28.6 Å². The van der Waals surface area contributed by atoms with Crippen LogP contribution in [-0.4, -0.2) is 0 Å². The standard InChI is InChI=1S/C7H9NO/c1-6-3-2-4-7(5-6)8-9/h4-5H,2-3H2,1H3. The largest absolute Gasteiger partial charge is 0.145 e. The van der Waals surface area contributed by atoms with E-state index in [-0.39, 0.29) is 0 Å². The first kappa shape index (κ1) is 6.20. The number of rotatable bonds is 1. The summed E-state index contributed by atoms with van der Waals surface area (Å²) in [5.74, 6) is 0. The van der Waals surface area contributed by atoms with Gasteiger partial charge in [-0.2, -0.15) is 0 Å². The number of hydrogen-bond acceptors (Lipinski definition) is 2. The smallest absolute Gasteiger partial charge is 0.103 e. The van der Waals surface area contributed by atoms with Crippen molar-refractivity contribution in [3.8, 4) is 0 Å². The van der Waals surface area contributed by atoms with Gasteiger partial charge in [0.15, 0.2) is 0 Å². The average molecular weight is 123 g/mol. The van der Waals surface area contributed by atoms with Crippen molar-refractivity contribution in [2.75, 3.05) is 0 Å². The van der Waals surface area contributed by atoms with Crippen molar-refractivity contribution in [1.29, 1.82) is 0 Å². The minimum Gasteiger partial charge on any atom is -0.145 e. The lowest BCUT2D eigenvalue weighted by atomic mass is 10.1. The predicted molar refractivity (Wildman–Crippen MR) is 36.9 cm³/mol. The van der Waals surface area contributed by atoms with Crippen LogP contribution in [0, 0.1) is 4.91 Å². The van der Waals surface area contributed by atoms with Gasteiger partial charge in [0.2, 0.25) is 0 Å². The van der Waals surface area contributed by atoms with Gasteiger partial charge in [0, 0.05) is 0 Å². The second kappa shape index (κ2) is 2.58. The van der Waals surface area contributed by atoms with E-state index in [0.717, 1.165) is 12.8 Å². The van der Waals surface area contributed by atoms with Gasteiger partial charge in [-0.15, -0.1) is 4.91 Å². The van der Waals surface area contributed by atoms with Crippen LogP contribution < -0.4 is 0 Å². The van der Waals surface area contributed by atoms with Crippen molar-refractivity contribution in [1.82, 2.24) is 0 Å². The summed E-state index contributed by atoms with van der Waals surface area (Å²) in [7, 11) is 0. The van der Waals surface area contributed by atoms with E-state index in [1.165, 1.54) is 5.57 Å². The third-order valence-corrected chi connectivity index (χ3v) is 1.39. The van der Waals surface area contributed by atoms with E-state index in [9.17, 15) is 4.91 Å². The fraction of sp³-hybridized carbons (Fsp3) is 0.429. The predicted octanol–water partition coefficient (Wildman–Crippen LogP) is 2.38. The SMILES string of the molecule is CC1=CC(N=O)=CCC1. The van der Waals surface area contributed by atoms with E-state index in [1.807, 2.05) is 19.1 Å². The molecule has 0 saturated heterocycles. The number of nitrogens with zero attached hydrogens (tertiary/aromatic N) is 1. The maximum atomic E-state index is 9.94. The highest BCUT2D eigenvalue weighted by Crippen LogP contribution is 2.16. The number of nitroso groups, excluding NO2 is 1. The quantitative estimate of drug-likeness (QED) is 0.492. The molecule has 0 atom stereocenters. The van der Waals surface area contributed by atoms with Crippen molar-refractivity contribution >= 4 is 0 Å². The van der Waals surface area contributed by atoms with Crippen LogP contribution >= 0.6 is 0 Å². The van der Waals surface area contributed by atoms with Gasteiger partial charge >= 0.3 is 0 Å². The van der Waals surface area contributed by atoms with Gasteiger partial charge in [0.1, 0.15) is 5.70 Å². The van der Waals surface area contributed by atoms with Crippen LogP contribution in [-0.2, 0) is 0 Å². The summed E-state index contributed by atoms with van der Waals surface area (Å²) < 4.78 is 0. The van der Waals surface area contributed by atoms with Crippen LogP contribution in [0.25, 0.3) is 0 Å². The minimum atomic E-state index is 0.582. The van der Waals surface area contributed by atoms with E-state index in [4.69, 9.17) is 0 Å². The molecule has 0 bridgehead atoms. The van der Waals surface area contributed by atoms with Crippen LogP contribution in [0.5, 0.6) is 0 Å². The molecule has 0 aromatic carbocycles. The highest BCUT2D eigenvalue weighted by Gasteiger charge is 1.99.